The van der Waals surface area contributed by atoms with Gasteiger partial charge in [-0.25, -0.2) is 0 Å². The van der Waals surface area contributed by atoms with E-state index in [4.69, 9.17) is 4.74 Å². The maximum Gasteiger partial charge on any atom is 0.293 e. The van der Waals surface area contributed by atoms with E-state index in [-0.39, 0.29) is 24.9 Å². The van der Waals surface area contributed by atoms with Crippen molar-refractivity contribution in [3.8, 4) is 5.75 Å². The lowest BCUT2D eigenvalue weighted by molar-refractivity contribution is -0.124. The number of aliphatic hydroxyl groups is 1. The Hall–Kier alpha value is -1.97. The first-order valence-electron chi connectivity index (χ1n) is 8.43. The Bertz CT molecular complexity index is 783. The molecule has 2 aliphatic rings. The van der Waals surface area contributed by atoms with Crippen LogP contribution in [0.5, 0.6) is 5.75 Å². The van der Waals surface area contributed by atoms with E-state index < -0.39 is 17.3 Å². The number of hydrogen-bond donors (Lipinski definition) is 2. The molecule has 3 amide bonds. The summed E-state index contributed by atoms with van der Waals surface area (Å²) in [6.45, 7) is 0.00965. The summed E-state index contributed by atoms with van der Waals surface area (Å²) in [6, 6.07) is 6.93. The van der Waals surface area contributed by atoms with Crippen molar-refractivity contribution in [1.29, 1.82) is 0 Å². The Morgan fingerprint density at radius 1 is 1.37 bits per heavy atom. The van der Waals surface area contributed by atoms with Crippen LogP contribution in [0.15, 0.2) is 29.2 Å². The molecule has 2 fully saturated rings. The molecule has 3 rings (SSSR count). The summed E-state index contributed by atoms with van der Waals surface area (Å²) in [6.07, 6.45) is 1.07. The number of carbonyl (C=O) groups excluding carboxylic acids is 3. The molecular weight excluding hydrogens is 388 g/mol. The van der Waals surface area contributed by atoms with Gasteiger partial charge in [0, 0.05) is 30.0 Å². The van der Waals surface area contributed by atoms with Crippen molar-refractivity contribution in [2.24, 2.45) is 0 Å². The number of para-hydroxylation sites is 1. The van der Waals surface area contributed by atoms with Crippen LogP contribution in [0.4, 0.5) is 4.79 Å². The Balaban J connectivity index is 1.61. The maximum absolute atomic E-state index is 12.5. The zero-order valence-corrected chi connectivity index (χ0v) is 16.3. The molecule has 9 heteroatoms. The number of hydrogen-bond acceptors (Lipinski definition) is 7. The number of rotatable bonds is 6. The molecule has 2 N–H and O–H groups in total. The number of aliphatic hydroxyl groups excluding tert-OH is 1. The van der Waals surface area contributed by atoms with Crippen molar-refractivity contribution < 1.29 is 24.2 Å². The van der Waals surface area contributed by atoms with E-state index in [2.05, 4.69) is 5.32 Å². The third-order valence-electron chi connectivity index (χ3n) is 4.26. The van der Waals surface area contributed by atoms with E-state index in [9.17, 15) is 19.5 Å². The molecule has 1 aromatic carbocycles. The van der Waals surface area contributed by atoms with Crippen LogP contribution in [0.2, 0.25) is 0 Å². The van der Waals surface area contributed by atoms with Gasteiger partial charge in [-0.3, -0.25) is 19.3 Å². The van der Waals surface area contributed by atoms with Crippen molar-refractivity contribution in [3.63, 3.8) is 0 Å². The van der Waals surface area contributed by atoms with Crippen molar-refractivity contribution in [2.45, 2.75) is 18.6 Å². The number of thioether (sulfide) groups is 2. The normalized spacial score (nSPS) is 23.9. The fraction of sp³-hybridized carbons (Fsp3) is 0.389. The first-order chi connectivity index (χ1) is 13.0. The topological polar surface area (TPSA) is 95.9 Å². The molecule has 2 saturated heterocycles. The highest BCUT2D eigenvalue weighted by molar-refractivity contribution is 8.18. The number of nitrogens with zero attached hydrogens (tertiary/aromatic N) is 1. The summed E-state index contributed by atoms with van der Waals surface area (Å²) >= 11 is 2.42. The minimum Gasteiger partial charge on any atom is -0.496 e. The molecule has 7 nitrogen and oxygen atoms in total. The molecule has 0 aliphatic carbocycles. The van der Waals surface area contributed by atoms with Gasteiger partial charge in [-0.15, -0.1) is 0 Å². The first-order valence-corrected chi connectivity index (χ1v) is 10.4. The van der Waals surface area contributed by atoms with Gasteiger partial charge in [0.2, 0.25) is 5.91 Å². The third kappa shape index (κ3) is 4.66. The molecule has 0 bridgehead atoms. The molecule has 144 valence electrons. The van der Waals surface area contributed by atoms with E-state index in [1.807, 2.05) is 12.1 Å². The van der Waals surface area contributed by atoms with E-state index in [1.165, 1.54) is 7.11 Å². The van der Waals surface area contributed by atoms with Crippen LogP contribution in [-0.2, 0) is 9.59 Å². The van der Waals surface area contributed by atoms with Crippen LogP contribution in [0.3, 0.4) is 0 Å². The monoisotopic (exact) mass is 408 g/mol. The highest BCUT2D eigenvalue weighted by atomic mass is 32.2. The molecule has 0 radical (unpaired) electrons. The summed E-state index contributed by atoms with van der Waals surface area (Å²) < 4.78 is 5.26. The zero-order chi connectivity index (χ0) is 19.4. The number of benzene rings is 1. The molecule has 2 heterocycles. The number of carbonyl (C=O) groups is 3. The third-order valence-corrected chi connectivity index (χ3v) is 6.34. The summed E-state index contributed by atoms with van der Waals surface area (Å²) in [4.78, 5) is 38.1. The number of imide groups is 1. The van der Waals surface area contributed by atoms with Crippen LogP contribution in [-0.4, -0.2) is 64.4 Å². The largest absolute Gasteiger partial charge is 0.496 e. The molecule has 27 heavy (non-hydrogen) atoms. The van der Waals surface area contributed by atoms with Gasteiger partial charge in [0.15, 0.2) is 0 Å². The Morgan fingerprint density at radius 3 is 2.85 bits per heavy atom. The minimum absolute atomic E-state index is 0.00780. The fourth-order valence-corrected chi connectivity index (χ4v) is 4.82. The Kier molecular flexibility index (Phi) is 6.46. The van der Waals surface area contributed by atoms with Gasteiger partial charge in [0.1, 0.15) is 5.75 Å². The highest BCUT2D eigenvalue weighted by Crippen LogP contribution is 2.34. The van der Waals surface area contributed by atoms with Crippen LogP contribution in [0, 0.1) is 0 Å². The van der Waals surface area contributed by atoms with Gasteiger partial charge in [-0.1, -0.05) is 18.2 Å². The maximum atomic E-state index is 12.5. The lowest BCUT2D eigenvalue weighted by atomic mass is 10.2. The molecule has 0 unspecified atom stereocenters. The van der Waals surface area contributed by atoms with Gasteiger partial charge < -0.3 is 15.2 Å². The van der Waals surface area contributed by atoms with Crippen molar-refractivity contribution in [2.75, 3.05) is 25.2 Å². The molecule has 0 saturated carbocycles. The quantitative estimate of drug-likeness (QED) is 0.692. The van der Waals surface area contributed by atoms with E-state index in [0.717, 1.165) is 16.7 Å². The SMILES string of the molecule is COc1ccccc1/C=C1\SC(=O)N(CCC(=O)N[C@@H]2CSC[C@H]2O)C1=O. The summed E-state index contributed by atoms with van der Waals surface area (Å²) in [5.74, 6) is 1.17. The predicted molar refractivity (Wildman–Crippen MR) is 106 cm³/mol. The lowest BCUT2D eigenvalue weighted by Gasteiger charge is -2.17. The van der Waals surface area contributed by atoms with Crippen LogP contribution in [0.1, 0.15) is 12.0 Å². The summed E-state index contributed by atoms with van der Waals surface area (Å²) in [5.41, 5.74) is 0.705. The average molecular weight is 409 g/mol. The smallest absolute Gasteiger partial charge is 0.293 e. The number of amides is 3. The lowest BCUT2D eigenvalue weighted by Crippen LogP contribution is -2.43. The van der Waals surface area contributed by atoms with E-state index >= 15 is 0 Å². The van der Waals surface area contributed by atoms with E-state index in [1.54, 1.807) is 30.0 Å². The molecule has 0 spiro atoms. The van der Waals surface area contributed by atoms with Gasteiger partial charge in [0.25, 0.3) is 11.1 Å². The zero-order valence-electron chi connectivity index (χ0n) is 14.7. The first kappa shape index (κ1) is 19.8. The fourth-order valence-electron chi connectivity index (χ4n) is 2.79. The Labute approximate surface area is 165 Å². The van der Waals surface area contributed by atoms with Gasteiger partial charge >= 0.3 is 0 Å². The second-order valence-corrected chi connectivity index (χ2v) is 8.17. The standard InChI is InChI=1S/C18H20N2O5S2/c1-25-14-5-3-2-4-11(14)8-15-17(23)20(18(24)27-15)7-6-16(22)19-12-9-26-10-13(12)21/h2-5,8,12-13,21H,6-7,9-10H2,1H3,(H,19,22)/b15-8-/t12-,13-/m1/s1. The van der Waals surface area contributed by atoms with Gasteiger partial charge in [0.05, 0.1) is 24.2 Å². The molecule has 1 aromatic rings. The Morgan fingerprint density at radius 2 is 2.15 bits per heavy atom. The summed E-state index contributed by atoms with van der Waals surface area (Å²) in [5, 5.41) is 12.1. The minimum atomic E-state index is -0.556. The van der Waals surface area contributed by atoms with Crippen molar-refractivity contribution >= 4 is 46.7 Å². The predicted octanol–water partition coefficient (Wildman–Crippen LogP) is 1.71. The van der Waals surface area contributed by atoms with Crippen LogP contribution >= 0.6 is 23.5 Å². The van der Waals surface area contributed by atoms with Crippen LogP contribution in [0.25, 0.3) is 6.08 Å². The van der Waals surface area contributed by atoms with Gasteiger partial charge in [-0.2, -0.15) is 11.8 Å². The second kappa shape index (κ2) is 8.81. The molecule has 0 aromatic heterocycles. The van der Waals surface area contributed by atoms with E-state index in [0.29, 0.717) is 27.7 Å². The average Bonchev–Trinajstić information content (AvgIpc) is 3.17. The molecular formula is C18H20N2O5S2. The summed E-state index contributed by atoms with van der Waals surface area (Å²) in [7, 11) is 1.54. The number of nitrogens with one attached hydrogen (secondary N) is 1. The van der Waals surface area contributed by atoms with Crippen molar-refractivity contribution in [1.82, 2.24) is 10.2 Å². The molecule has 2 atom stereocenters. The van der Waals surface area contributed by atoms with Crippen molar-refractivity contribution in [3.05, 3.63) is 34.7 Å². The number of ether oxygens (including phenoxy) is 1. The molecule has 2 aliphatic heterocycles. The number of methoxy groups -OCH3 is 1. The second-order valence-electron chi connectivity index (χ2n) is 6.10. The van der Waals surface area contributed by atoms with Crippen LogP contribution < -0.4 is 10.1 Å². The van der Waals surface area contributed by atoms with Gasteiger partial charge in [-0.05, 0) is 23.9 Å². The highest BCUT2D eigenvalue weighted by Gasteiger charge is 2.35.